The zero-order chi connectivity index (χ0) is 17.2. The number of carbonyl (C=O) groups excluding carboxylic acids is 2. The molecule has 0 aliphatic heterocycles. The van der Waals surface area contributed by atoms with Crippen LogP contribution < -0.4 is 10.2 Å². The second-order valence-electron chi connectivity index (χ2n) is 4.94. The molecule has 7 heteroatoms. The van der Waals surface area contributed by atoms with Crippen LogP contribution in [0.3, 0.4) is 0 Å². The predicted molar refractivity (Wildman–Crippen MR) is 84.1 cm³/mol. The van der Waals surface area contributed by atoms with Crippen LogP contribution in [0.4, 0.5) is 0 Å². The number of carbonyl (C=O) groups is 2. The molecule has 0 heterocycles. The minimum absolute atomic E-state index is 0.0840. The summed E-state index contributed by atoms with van der Waals surface area (Å²) < 4.78 is 21.5. The maximum absolute atomic E-state index is 12.2. The molecule has 0 amide bonds. The first-order valence-electron chi connectivity index (χ1n) is 7.64. The van der Waals surface area contributed by atoms with Crippen LogP contribution in [0, 0.1) is 0 Å². The van der Waals surface area contributed by atoms with E-state index in [1.165, 1.54) is 18.2 Å². The van der Waals surface area contributed by atoms with Crippen molar-refractivity contribution in [3.05, 3.63) is 29.3 Å². The maximum Gasteiger partial charge on any atom is 0.349 e. The Morgan fingerprint density at radius 1 is 1.04 bits per heavy atom. The largest absolute Gasteiger partial charge is 0.591 e. The van der Waals surface area contributed by atoms with Gasteiger partial charge in [-0.2, -0.15) is 0 Å². The number of unbranched alkanes of at least 4 members (excludes halogenated alkanes) is 2. The maximum atomic E-state index is 12.2. The molecule has 0 bridgehead atoms. The summed E-state index contributed by atoms with van der Waals surface area (Å²) in [7, 11) is -3.03. The molecule has 126 valence electrons. The lowest BCUT2D eigenvalue weighted by atomic mass is 10.1. The molecule has 1 unspecified atom stereocenters. The smallest absolute Gasteiger partial charge is 0.349 e. The fourth-order valence-corrected chi connectivity index (χ4v) is 2.45. The average Bonchev–Trinajstić information content (AvgIpc) is 2.54. The van der Waals surface area contributed by atoms with E-state index < -0.39 is 20.0 Å². The Morgan fingerprint density at radius 3 is 2.13 bits per heavy atom. The zero-order valence-corrected chi connectivity index (χ0v) is 14.3. The van der Waals surface area contributed by atoms with Gasteiger partial charge >= 0.3 is 20.0 Å². The second-order valence-corrected chi connectivity index (χ2v) is 5.93. The van der Waals surface area contributed by atoms with Crippen molar-refractivity contribution in [2.75, 3.05) is 13.2 Å². The van der Waals surface area contributed by atoms with Gasteiger partial charge in [0.05, 0.1) is 18.8 Å². The molecule has 6 nitrogen and oxygen atoms in total. The molecule has 1 atom stereocenters. The van der Waals surface area contributed by atoms with Gasteiger partial charge in [0.2, 0.25) is 5.30 Å². The summed E-state index contributed by atoms with van der Waals surface area (Å²) in [5, 5.41) is -0.230. The summed E-state index contributed by atoms with van der Waals surface area (Å²) in [6.07, 6.45) is 3.04. The molecule has 0 radical (unpaired) electrons. The molecule has 1 aromatic carbocycles. The summed E-state index contributed by atoms with van der Waals surface area (Å²) in [6.45, 7) is 4.27. The van der Waals surface area contributed by atoms with E-state index in [1.54, 1.807) is 0 Å². The molecule has 23 heavy (non-hydrogen) atoms. The van der Waals surface area contributed by atoms with Crippen LogP contribution in [0.2, 0.25) is 0 Å². The average molecular weight is 340 g/mol. The van der Waals surface area contributed by atoms with Crippen molar-refractivity contribution in [1.29, 1.82) is 0 Å². The van der Waals surface area contributed by atoms with E-state index in [0.29, 0.717) is 12.8 Å². The third kappa shape index (κ3) is 5.73. The van der Waals surface area contributed by atoms with E-state index in [4.69, 9.17) is 9.47 Å². The highest BCUT2D eigenvalue weighted by atomic mass is 31.1. The summed E-state index contributed by atoms with van der Waals surface area (Å²) >= 11 is 0. The minimum Gasteiger partial charge on any atom is -0.591 e. The van der Waals surface area contributed by atoms with Gasteiger partial charge in [-0.15, -0.1) is 0 Å². The summed E-state index contributed by atoms with van der Waals surface area (Å²) in [4.78, 5) is 35.7. The quantitative estimate of drug-likeness (QED) is 0.389. The van der Waals surface area contributed by atoms with E-state index in [1.807, 2.05) is 13.8 Å². The Bertz CT molecular complexity index is 570. The third-order valence-corrected chi connectivity index (χ3v) is 3.89. The van der Waals surface area contributed by atoms with E-state index in [-0.39, 0.29) is 29.6 Å². The first-order valence-corrected chi connectivity index (χ1v) is 8.82. The molecule has 0 N–H and O–H groups in total. The van der Waals surface area contributed by atoms with Gasteiger partial charge in [-0.25, -0.2) is 9.59 Å². The van der Waals surface area contributed by atoms with E-state index in [2.05, 4.69) is 0 Å². The highest BCUT2D eigenvalue weighted by Crippen LogP contribution is 2.19. The van der Waals surface area contributed by atoms with Gasteiger partial charge in [0.1, 0.15) is 5.56 Å². The lowest BCUT2D eigenvalue weighted by Crippen LogP contribution is -2.23. The predicted octanol–water partition coefficient (Wildman–Crippen LogP) is 2.33. The zero-order valence-electron chi connectivity index (χ0n) is 13.4. The fourth-order valence-electron chi connectivity index (χ4n) is 1.85. The summed E-state index contributed by atoms with van der Waals surface area (Å²) in [6, 6.07) is 4.04. The first kappa shape index (κ1) is 19.3. The van der Waals surface area contributed by atoms with Crippen molar-refractivity contribution in [1.82, 2.24) is 0 Å². The van der Waals surface area contributed by atoms with Crippen molar-refractivity contribution in [2.24, 2.45) is 0 Å². The van der Waals surface area contributed by atoms with Crippen molar-refractivity contribution in [2.45, 2.75) is 39.5 Å². The molecule has 1 rings (SSSR count). The van der Waals surface area contributed by atoms with Crippen molar-refractivity contribution in [3.63, 3.8) is 0 Å². The number of ether oxygens (including phenoxy) is 2. The minimum atomic E-state index is -3.03. The lowest BCUT2D eigenvalue weighted by Gasteiger charge is -2.10. The molecule has 1 aromatic rings. The molecular formula is C16H21O6P. The van der Waals surface area contributed by atoms with Gasteiger partial charge < -0.3 is 14.4 Å². The van der Waals surface area contributed by atoms with Crippen LogP contribution in [-0.2, 0) is 14.0 Å². The Morgan fingerprint density at radius 2 is 1.61 bits per heavy atom. The highest BCUT2D eigenvalue weighted by molar-refractivity contribution is 7.46. The van der Waals surface area contributed by atoms with Gasteiger partial charge in [-0.05, 0) is 25.0 Å². The Balaban J connectivity index is 3.09. The van der Waals surface area contributed by atoms with Crippen LogP contribution in [-0.4, -0.2) is 25.2 Å². The number of hydrogen-bond donors (Lipinski definition) is 0. The van der Waals surface area contributed by atoms with Gasteiger partial charge in [0.15, 0.2) is 0 Å². The van der Waals surface area contributed by atoms with Crippen molar-refractivity contribution in [3.8, 4) is 0 Å². The molecule has 0 aromatic heterocycles. The van der Waals surface area contributed by atoms with Gasteiger partial charge in [0, 0.05) is 0 Å². The number of benzene rings is 1. The summed E-state index contributed by atoms with van der Waals surface area (Å²) in [5.74, 6) is -1.55. The fraction of sp³-hybridized carbons (Fsp3) is 0.500. The van der Waals surface area contributed by atoms with Crippen LogP contribution in [0.5, 0.6) is 0 Å². The van der Waals surface area contributed by atoms with Crippen LogP contribution >= 0.6 is 8.03 Å². The number of rotatable bonds is 9. The van der Waals surface area contributed by atoms with Crippen LogP contribution in [0.25, 0.3) is 0 Å². The van der Waals surface area contributed by atoms with Crippen molar-refractivity contribution >= 4 is 25.3 Å². The molecule has 0 saturated carbocycles. The molecule has 0 aliphatic carbocycles. The van der Waals surface area contributed by atoms with Crippen LogP contribution in [0.15, 0.2) is 18.2 Å². The lowest BCUT2D eigenvalue weighted by molar-refractivity contribution is -0.160. The van der Waals surface area contributed by atoms with E-state index in [9.17, 15) is 19.0 Å². The molecular weight excluding hydrogens is 319 g/mol. The monoisotopic (exact) mass is 340 g/mol. The van der Waals surface area contributed by atoms with E-state index >= 15 is 0 Å². The molecule has 0 spiro atoms. The van der Waals surface area contributed by atoms with Crippen LogP contribution in [0.1, 0.15) is 60.2 Å². The SMILES string of the molecule is CCCCOC(=O)c1cccc([P+](=O)[O-])c1C(=O)OCCCC. The first-order chi connectivity index (χ1) is 11.0. The van der Waals surface area contributed by atoms with Gasteiger partial charge in [-0.1, -0.05) is 37.3 Å². The van der Waals surface area contributed by atoms with Crippen molar-refractivity contribution < 1.29 is 28.5 Å². The molecule has 0 fully saturated rings. The Labute approximate surface area is 136 Å². The number of hydrogen-bond acceptors (Lipinski definition) is 6. The second kappa shape index (κ2) is 10.1. The normalized spacial score (nSPS) is 11.0. The summed E-state index contributed by atoms with van der Waals surface area (Å²) in [5.41, 5.74) is -0.333. The standard InChI is InChI=1S/C16H21O6P/c1-3-5-10-21-15(17)12-8-7-9-13(23(19)20)14(12)16(18)22-11-6-4-2/h7-9H,3-6,10-11H2,1-2H3. The highest BCUT2D eigenvalue weighted by Gasteiger charge is 2.28. The third-order valence-electron chi connectivity index (χ3n) is 3.13. The van der Waals surface area contributed by atoms with Gasteiger partial charge in [-0.3, -0.25) is 0 Å². The van der Waals surface area contributed by atoms with E-state index in [0.717, 1.165) is 12.8 Å². The molecule has 0 aliphatic rings. The Kier molecular flexibility index (Phi) is 8.45. The Hall–Kier alpha value is -1.78. The number of esters is 2. The van der Waals surface area contributed by atoms with Gasteiger partial charge in [0.25, 0.3) is 0 Å². The topological polar surface area (TPSA) is 92.7 Å². The molecule has 0 saturated heterocycles.